The minimum absolute atomic E-state index is 0.0907. The van der Waals surface area contributed by atoms with E-state index < -0.39 is 10.8 Å². The first-order chi connectivity index (χ1) is 5.93. The fourth-order valence-electron chi connectivity index (χ4n) is 0.858. The summed E-state index contributed by atoms with van der Waals surface area (Å²) in [7, 11) is -0.716. The number of hydrogen-bond donors (Lipinski definition) is 1. The van der Waals surface area contributed by atoms with Gasteiger partial charge in [0.25, 0.3) is 0 Å². The molecule has 0 heterocycles. The van der Waals surface area contributed by atoms with Crippen LogP contribution in [0.25, 0.3) is 0 Å². The van der Waals surface area contributed by atoms with Crippen molar-refractivity contribution in [3.8, 4) is 0 Å². The van der Waals surface area contributed by atoms with Gasteiger partial charge in [-0.25, -0.2) is 0 Å². The zero-order valence-electron chi connectivity index (χ0n) is 9.25. The van der Waals surface area contributed by atoms with Crippen LogP contribution in [0.15, 0.2) is 0 Å². The van der Waals surface area contributed by atoms with Gasteiger partial charge in [-0.2, -0.15) is 0 Å². The highest BCUT2D eigenvalue weighted by Crippen LogP contribution is 2.04. The molecule has 0 aromatic heterocycles. The fourth-order valence-corrected chi connectivity index (χ4v) is 2.57. The van der Waals surface area contributed by atoms with Crippen molar-refractivity contribution in [2.45, 2.75) is 40.2 Å². The first kappa shape index (κ1) is 13.1. The Morgan fingerprint density at radius 2 is 1.77 bits per heavy atom. The van der Waals surface area contributed by atoms with Gasteiger partial charge in [0, 0.05) is 28.3 Å². The van der Waals surface area contributed by atoms with Crippen molar-refractivity contribution in [2.75, 3.05) is 11.5 Å². The van der Waals surface area contributed by atoms with E-state index in [0.717, 1.165) is 12.2 Å². The lowest BCUT2D eigenvalue weighted by Gasteiger charge is -2.15. The monoisotopic (exact) mass is 205 g/mol. The van der Waals surface area contributed by atoms with E-state index in [1.807, 2.05) is 0 Å². The van der Waals surface area contributed by atoms with Gasteiger partial charge in [-0.05, 0) is 18.3 Å². The highest BCUT2D eigenvalue weighted by molar-refractivity contribution is 7.85. The molecule has 0 saturated heterocycles. The lowest BCUT2D eigenvalue weighted by Crippen LogP contribution is -2.33. The molecule has 2 nitrogen and oxygen atoms in total. The van der Waals surface area contributed by atoms with Gasteiger partial charge in [-0.3, -0.25) is 4.21 Å². The zero-order valence-corrected chi connectivity index (χ0v) is 10.1. The van der Waals surface area contributed by atoms with Crippen LogP contribution in [0.4, 0.5) is 0 Å². The van der Waals surface area contributed by atoms with Crippen molar-refractivity contribution in [3.63, 3.8) is 0 Å². The van der Waals surface area contributed by atoms with E-state index >= 15 is 0 Å². The molecule has 0 fully saturated rings. The average molecular weight is 205 g/mol. The van der Waals surface area contributed by atoms with E-state index in [1.165, 1.54) is 0 Å². The standard InChI is InChI=1S/C10H23NOS/c1-8(2)5-6-13(12)7-10(11)9(3)4/h8-10H,5-7,11H2,1-4H3. The molecule has 0 bridgehead atoms. The molecule has 80 valence electrons. The van der Waals surface area contributed by atoms with Gasteiger partial charge in [-0.1, -0.05) is 27.7 Å². The van der Waals surface area contributed by atoms with Crippen LogP contribution in [-0.2, 0) is 10.8 Å². The van der Waals surface area contributed by atoms with Crippen molar-refractivity contribution >= 4 is 10.8 Å². The maximum atomic E-state index is 11.5. The number of hydrogen-bond acceptors (Lipinski definition) is 2. The van der Waals surface area contributed by atoms with Gasteiger partial charge in [0.1, 0.15) is 0 Å². The van der Waals surface area contributed by atoms with Crippen molar-refractivity contribution in [1.82, 2.24) is 0 Å². The van der Waals surface area contributed by atoms with Crippen LogP contribution in [0.1, 0.15) is 34.1 Å². The number of rotatable bonds is 6. The Bertz CT molecular complexity index is 157. The first-order valence-corrected chi connectivity index (χ1v) is 6.52. The summed E-state index contributed by atoms with van der Waals surface area (Å²) < 4.78 is 11.5. The Morgan fingerprint density at radius 1 is 1.23 bits per heavy atom. The predicted octanol–water partition coefficient (Wildman–Crippen LogP) is 1.76. The van der Waals surface area contributed by atoms with Crippen molar-refractivity contribution in [1.29, 1.82) is 0 Å². The van der Waals surface area contributed by atoms with Gasteiger partial charge in [0.05, 0.1) is 0 Å². The Balaban J connectivity index is 3.62. The topological polar surface area (TPSA) is 43.1 Å². The molecular formula is C10H23NOS. The summed E-state index contributed by atoms with van der Waals surface area (Å²) in [6.07, 6.45) is 1.04. The predicted molar refractivity (Wildman–Crippen MR) is 60.1 cm³/mol. The maximum Gasteiger partial charge on any atom is 0.0389 e. The zero-order chi connectivity index (χ0) is 10.4. The van der Waals surface area contributed by atoms with Crippen LogP contribution in [0.3, 0.4) is 0 Å². The van der Waals surface area contributed by atoms with Gasteiger partial charge in [0.2, 0.25) is 0 Å². The minimum Gasteiger partial charge on any atom is -0.327 e. The van der Waals surface area contributed by atoms with Gasteiger partial charge < -0.3 is 5.73 Å². The van der Waals surface area contributed by atoms with Crippen molar-refractivity contribution < 1.29 is 4.21 Å². The molecule has 0 radical (unpaired) electrons. The molecule has 2 atom stereocenters. The molecule has 0 saturated carbocycles. The molecule has 3 heteroatoms. The Hall–Kier alpha value is 0.110. The molecule has 0 spiro atoms. The lowest BCUT2D eigenvalue weighted by molar-refractivity contribution is 0.528. The Morgan fingerprint density at radius 3 is 2.15 bits per heavy atom. The second-order valence-electron chi connectivity index (χ2n) is 4.40. The summed E-state index contributed by atoms with van der Waals surface area (Å²) in [4.78, 5) is 0. The Labute approximate surface area is 84.7 Å². The summed E-state index contributed by atoms with van der Waals surface area (Å²) in [5, 5.41) is 0. The second kappa shape index (κ2) is 6.55. The molecule has 0 amide bonds. The second-order valence-corrected chi connectivity index (χ2v) is 6.02. The van der Waals surface area contributed by atoms with E-state index in [1.54, 1.807) is 0 Å². The molecule has 0 aromatic rings. The van der Waals surface area contributed by atoms with Crippen LogP contribution in [-0.4, -0.2) is 21.8 Å². The SMILES string of the molecule is CC(C)CCS(=O)CC(N)C(C)C. The largest absolute Gasteiger partial charge is 0.327 e. The van der Waals surface area contributed by atoms with E-state index in [2.05, 4.69) is 27.7 Å². The smallest absolute Gasteiger partial charge is 0.0389 e. The minimum atomic E-state index is -0.716. The molecule has 13 heavy (non-hydrogen) atoms. The normalized spacial score (nSPS) is 16.5. The third kappa shape index (κ3) is 7.20. The molecule has 0 aliphatic rings. The maximum absolute atomic E-state index is 11.5. The molecule has 0 aromatic carbocycles. The van der Waals surface area contributed by atoms with Crippen LogP contribution in [0.2, 0.25) is 0 Å². The van der Waals surface area contributed by atoms with Crippen LogP contribution in [0, 0.1) is 11.8 Å². The summed E-state index contributed by atoms with van der Waals surface area (Å²) in [5.74, 6) is 2.53. The Kier molecular flexibility index (Phi) is 6.60. The van der Waals surface area contributed by atoms with Gasteiger partial charge in [0.15, 0.2) is 0 Å². The van der Waals surface area contributed by atoms with Gasteiger partial charge >= 0.3 is 0 Å². The molecular weight excluding hydrogens is 182 g/mol. The van der Waals surface area contributed by atoms with Crippen LogP contribution in [0.5, 0.6) is 0 Å². The highest BCUT2D eigenvalue weighted by Gasteiger charge is 2.11. The third-order valence-electron chi connectivity index (χ3n) is 2.16. The molecule has 2 unspecified atom stereocenters. The molecule has 0 rings (SSSR count). The highest BCUT2D eigenvalue weighted by atomic mass is 32.2. The molecule has 2 N–H and O–H groups in total. The number of nitrogens with two attached hydrogens (primary N) is 1. The molecule has 0 aliphatic heterocycles. The summed E-state index contributed by atoms with van der Waals surface area (Å²) in [5.41, 5.74) is 5.83. The van der Waals surface area contributed by atoms with Crippen molar-refractivity contribution in [2.24, 2.45) is 17.6 Å². The van der Waals surface area contributed by atoms with Crippen molar-refractivity contribution in [3.05, 3.63) is 0 Å². The van der Waals surface area contributed by atoms with Crippen LogP contribution < -0.4 is 5.73 Å². The average Bonchev–Trinajstić information content (AvgIpc) is 2.00. The first-order valence-electron chi connectivity index (χ1n) is 5.04. The van der Waals surface area contributed by atoms with E-state index in [-0.39, 0.29) is 6.04 Å². The van der Waals surface area contributed by atoms with Gasteiger partial charge in [-0.15, -0.1) is 0 Å². The summed E-state index contributed by atoms with van der Waals surface area (Å²) in [6, 6.07) is 0.0907. The van der Waals surface area contributed by atoms with E-state index in [9.17, 15) is 4.21 Å². The fraction of sp³-hybridized carbons (Fsp3) is 1.00. The quantitative estimate of drug-likeness (QED) is 0.718. The summed E-state index contributed by atoms with van der Waals surface area (Å²) >= 11 is 0. The third-order valence-corrected chi connectivity index (χ3v) is 3.61. The lowest BCUT2D eigenvalue weighted by atomic mass is 10.1. The van der Waals surface area contributed by atoms with Crippen LogP contribution >= 0.6 is 0 Å². The van der Waals surface area contributed by atoms with E-state index in [0.29, 0.717) is 17.6 Å². The summed E-state index contributed by atoms with van der Waals surface area (Å²) in [6.45, 7) is 8.45. The molecule has 0 aliphatic carbocycles. The van der Waals surface area contributed by atoms with E-state index in [4.69, 9.17) is 5.73 Å².